The molecule has 0 aromatic rings. The van der Waals surface area contributed by atoms with Crippen LogP contribution in [0.5, 0.6) is 0 Å². The van der Waals surface area contributed by atoms with Crippen LogP contribution < -0.4 is 0 Å². The molecule has 0 unspecified atom stereocenters. The first kappa shape index (κ1) is 4.67. The van der Waals surface area contributed by atoms with Gasteiger partial charge in [0.2, 0.25) is 0 Å². The number of carbonyl (C=O) groups is 1. The average molecular weight is 66.0 g/mol. The van der Waals surface area contributed by atoms with E-state index in [1.165, 1.54) is 0 Å². The van der Waals surface area contributed by atoms with Crippen molar-refractivity contribution in [3.05, 3.63) is 0 Å². The van der Waals surface area contributed by atoms with E-state index in [1.54, 1.807) is 6.92 Å². The molecule has 0 aliphatic rings. The maximum absolute atomic E-state index is 9.51. The number of hydrogen-bond acceptors (Lipinski definition) is 1. The molecular weight excluding hydrogens is 63.0 g/mol. The Labute approximate surface area is 42.8 Å². The average Bonchev–Trinajstić information content (AvgIpc) is 0.811. The summed E-state index contributed by atoms with van der Waals surface area (Å²) in [5.41, 5.74) is 0. The maximum atomic E-state index is 9.51. The van der Waals surface area contributed by atoms with Crippen LogP contribution in [0.15, 0.2) is 0 Å². The van der Waals surface area contributed by atoms with Gasteiger partial charge in [-0.1, -0.05) is 0 Å². The summed E-state index contributed by atoms with van der Waals surface area (Å²) in [5, 5.41) is 0. The fraction of sp³-hybridized carbons (Fsp3) is 0.500. The Balaban J connectivity index is 2.80. The Kier molecular flexibility index (Phi) is 2.27. The van der Waals surface area contributed by atoms with E-state index in [0.717, 1.165) is 0 Å². The minimum atomic E-state index is 0.306. The van der Waals surface area contributed by atoms with Crippen LogP contribution in [-0.2, 0) is 4.79 Å². The van der Waals surface area contributed by atoms with Crippen LogP contribution in [0.2, 0.25) is 0 Å². The van der Waals surface area contributed by atoms with Crippen molar-refractivity contribution in [1.29, 1.82) is 0 Å². The summed E-state index contributed by atoms with van der Waals surface area (Å²) in [7, 11) is 0. The van der Waals surface area contributed by atoms with E-state index in [0.29, 0.717) is 31.0 Å². The molecule has 0 spiro atoms. The summed E-state index contributed by atoms with van der Waals surface area (Å²) < 4.78 is 0.306. The standard InChI is InChI=1S/C2H3O.Na/c1-2-3;/h1H3;. The number of rotatable bonds is 0. The molecule has 2 heteroatoms. The van der Waals surface area contributed by atoms with E-state index in [1.807, 2.05) is 0 Å². The van der Waals surface area contributed by atoms with E-state index in [9.17, 15) is 4.79 Å². The van der Waals surface area contributed by atoms with Gasteiger partial charge in [-0.3, -0.25) is 0 Å². The van der Waals surface area contributed by atoms with Crippen molar-refractivity contribution >= 4 is 31.0 Å². The molecule has 0 rings (SSSR count). The third-order valence-electron chi connectivity index (χ3n) is 0. The van der Waals surface area contributed by atoms with Gasteiger partial charge < -0.3 is 0 Å². The van der Waals surface area contributed by atoms with E-state index in [4.69, 9.17) is 0 Å². The van der Waals surface area contributed by atoms with Crippen LogP contribution in [0.4, 0.5) is 0 Å². The first-order chi connectivity index (χ1) is 1.73. The molecule has 0 saturated heterocycles. The summed E-state index contributed by atoms with van der Waals surface area (Å²) in [6, 6.07) is 0. The van der Waals surface area contributed by atoms with Gasteiger partial charge >= 0.3 is 42.7 Å². The predicted octanol–water partition coefficient (Wildman–Crippen LogP) is -0.299. The zero-order valence-corrected chi connectivity index (χ0v) is 4.91. The molecule has 0 aromatic heterocycles. The third kappa shape index (κ3) is 16.6. The molecule has 0 heterocycles. The molecule has 18 valence electrons. The van der Waals surface area contributed by atoms with Crippen molar-refractivity contribution in [1.82, 2.24) is 0 Å². The fourth-order valence-electron chi connectivity index (χ4n) is 0. The molecule has 0 aliphatic carbocycles. The van der Waals surface area contributed by atoms with Gasteiger partial charge in [0.1, 0.15) is 0 Å². The Bertz CT molecular complexity index is 29.0. The van der Waals surface area contributed by atoms with E-state index in [-0.39, 0.29) is 0 Å². The molecule has 0 aromatic carbocycles. The summed E-state index contributed by atoms with van der Waals surface area (Å²) >= 11 is 0.710. The Morgan fingerprint density at radius 1 is 2.00 bits per heavy atom. The van der Waals surface area contributed by atoms with Crippen LogP contribution >= 0.6 is 0 Å². The van der Waals surface area contributed by atoms with Crippen LogP contribution in [0.25, 0.3) is 0 Å². The van der Waals surface area contributed by atoms with Gasteiger partial charge in [-0.05, 0) is 0 Å². The Hall–Kier alpha value is 0.670. The molecule has 0 bridgehead atoms. The number of hydrogen-bond donors (Lipinski definition) is 0. The predicted molar refractivity (Wildman–Crippen MR) is 16.4 cm³/mol. The Morgan fingerprint density at radius 2 is 2.00 bits per heavy atom. The summed E-state index contributed by atoms with van der Waals surface area (Å²) in [6.07, 6.45) is 0. The fourth-order valence-corrected chi connectivity index (χ4v) is 0. The van der Waals surface area contributed by atoms with Gasteiger partial charge in [0.05, 0.1) is 0 Å². The SMILES string of the molecule is C[C](=O)[Na]. The van der Waals surface area contributed by atoms with Gasteiger partial charge in [0, 0.05) is 0 Å². The molecule has 0 radical (unpaired) electrons. The second-order valence-corrected chi connectivity index (χ2v) is 2.32. The van der Waals surface area contributed by atoms with Crippen LogP contribution in [-0.4, -0.2) is 31.0 Å². The quantitative estimate of drug-likeness (QED) is 0.355. The van der Waals surface area contributed by atoms with Crippen LogP contribution in [0.3, 0.4) is 0 Å². The summed E-state index contributed by atoms with van der Waals surface area (Å²) in [6.45, 7) is 1.59. The second-order valence-electron chi connectivity index (χ2n) is 0.908. The van der Waals surface area contributed by atoms with E-state index >= 15 is 0 Å². The van der Waals surface area contributed by atoms with E-state index < -0.39 is 0 Å². The first-order valence-electron chi connectivity index (χ1n) is 1.20. The van der Waals surface area contributed by atoms with Gasteiger partial charge in [-0.25, -0.2) is 0 Å². The molecule has 0 amide bonds. The molecular formula is C2H3NaO. The Morgan fingerprint density at radius 3 is 2.00 bits per heavy atom. The van der Waals surface area contributed by atoms with Gasteiger partial charge in [0.25, 0.3) is 0 Å². The molecule has 4 heavy (non-hydrogen) atoms. The zero-order chi connectivity index (χ0) is 3.58. The van der Waals surface area contributed by atoms with Gasteiger partial charge in [-0.15, -0.1) is 0 Å². The van der Waals surface area contributed by atoms with Gasteiger partial charge in [0.15, 0.2) is 0 Å². The van der Waals surface area contributed by atoms with Crippen LogP contribution in [0, 0.1) is 0 Å². The molecule has 0 aliphatic heterocycles. The minimum absolute atomic E-state index is 0.306. The van der Waals surface area contributed by atoms with E-state index in [2.05, 4.69) is 0 Å². The molecule has 0 saturated carbocycles. The summed E-state index contributed by atoms with van der Waals surface area (Å²) in [4.78, 5) is 9.51. The zero-order valence-electron chi connectivity index (χ0n) is 2.91. The van der Waals surface area contributed by atoms with Gasteiger partial charge in [-0.2, -0.15) is 0 Å². The normalized spacial score (nSPS) is 6.75. The molecule has 1 nitrogen and oxygen atoms in total. The van der Waals surface area contributed by atoms with Crippen molar-refractivity contribution in [2.24, 2.45) is 0 Å². The van der Waals surface area contributed by atoms with Crippen molar-refractivity contribution in [3.63, 3.8) is 0 Å². The second kappa shape index (κ2) is 1.94. The third-order valence-corrected chi connectivity index (χ3v) is 0. The molecule has 0 N–H and O–H groups in total. The molecule has 0 atom stereocenters. The van der Waals surface area contributed by atoms with Crippen molar-refractivity contribution in [3.8, 4) is 0 Å². The number of carbonyl (C=O) groups excluding carboxylic acids is 1. The van der Waals surface area contributed by atoms with Crippen molar-refractivity contribution < 1.29 is 4.79 Å². The van der Waals surface area contributed by atoms with Crippen LogP contribution in [0.1, 0.15) is 6.92 Å². The van der Waals surface area contributed by atoms with Crippen molar-refractivity contribution in [2.45, 2.75) is 6.92 Å². The van der Waals surface area contributed by atoms with Crippen molar-refractivity contribution in [2.75, 3.05) is 0 Å². The topological polar surface area (TPSA) is 17.1 Å². The summed E-state index contributed by atoms with van der Waals surface area (Å²) in [5.74, 6) is 0. The molecule has 0 fully saturated rings. The monoisotopic (exact) mass is 66.0 g/mol. The first-order valence-corrected chi connectivity index (χ1v) is 2.20.